The lowest BCUT2D eigenvalue weighted by Crippen LogP contribution is -2.44. The van der Waals surface area contributed by atoms with Crippen LogP contribution in [0.3, 0.4) is 0 Å². The average Bonchev–Trinajstić information content (AvgIpc) is 3.34. The van der Waals surface area contributed by atoms with Crippen molar-refractivity contribution in [2.45, 2.75) is 31.7 Å². The van der Waals surface area contributed by atoms with Crippen molar-refractivity contribution in [1.82, 2.24) is 14.9 Å². The topological polar surface area (TPSA) is 56.8 Å². The molecule has 1 aliphatic carbocycles. The Kier molecular flexibility index (Phi) is 5.68. The number of likely N-dealkylation sites (N-methyl/N-ethyl adjacent to an activating group) is 1. The van der Waals surface area contributed by atoms with E-state index >= 15 is 0 Å². The molecule has 0 amide bonds. The minimum Gasteiger partial charge on any atom is -0.494 e. The molecule has 3 heterocycles. The third-order valence-corrected chi connectivity index (χ3v) is 6.73. The van der Waals surface area contributed by atoms with E-state index in [1.807, 2.05) is 6.20 Å². The van der Waals surface area contributed by atoms with Crippen LogP contribution in [0.2, 0.25) is 0 Å². The van der Waals surface area contributed by atoms with Crippen LogP contribution in [-0.2, 0) is 0 Å². The molecule has 0 atom stereocenters. The Morgan fingerprint density at radius 3 is 2.68 bits per heavy atom. The van der Waals surface area contributed by atoms with E-state index in [-0.39, 0.29) is 0 Å². The molecule has 2 fully saturated rings. The summed E-state index contributed by atoms with van der Waals surface area (Å²) in [4.78, 5) is 16.7. The maximum atomic E-state index is 5.71. The van der Waals surface area contributed by atoms with Crippen molar-refractivity contribution in [3.05, 3.63) is 36.0 Å². The lowest BCUT2D eigenvalue weighted by atomic mass is 10.1. The second kappa shape index (κ2) is 8.75. The number of aromatic nitrogens is 2. The molecule has 2 aromatic rings. The molecule has 1 saturated heterocycles. The van der Waals surface area contributed by atoms with Gasteiger partial charge in [0.05, 0.1) is 12.8 Å². The van der Waals surface area contributed by atoms with Gasteiger partial charge in [-0.2, -0.15) is 4.98 Å². The number of hydrogen-bond acceptors (Lipinski definition) is 7. The molecule has 31 heavy (non-hydrogen) atoms. The number of benzene rings is 1. The Labute approximate surface area is 184 Å². The van der Waals surface area contributed by atoms with Crippen LogP contribution in [0, 0.1) is 0 Å². The van der Waals surface area contributed by atoms with E-state index in [1.165, 1.54) is 31.4 Å². The lowest BCUT2D eigenvalue weighted by Gasteiger charge is -2.34. The van der Waals surface area contributed by atoms with Crippen molar-refractivity contribution >= 4 is 29.2 Å². The highest BCUT2D eigenvalue weighted by atomic mass is 16.5. The quantitative estimate of drug-likeness (QED) is 0.790. The Morgan fingerprint density at radius 2 is 1.90 bits per heavy atom. The molecule has 0 spiro atoms. The fourth-order valence-corrected chi connectivity index (χ4v) is 4.87. The van der Waals surface area contributed by atoms with E-state index in [0.29, 0.717) is 12.0 Å². The number of piperazine rings is 1. The van der Waals surface area contributed by atoms with Gasteiger partial charge in [-0.25, -0.2) is 4.98 Å². The molecular weight excluding hydrogens is 388 g/mol. The molecule has 164 valence electrons. The summed E-state index contributed by atoms with van der Waals surface area (Å²) in [5.74, 6) is 2.47. The fraction of sp³-hybridized carbons (Fsp3) is 0.500. The van der Waals surface area contributed by atoms with Crippen molar-refractivity contribution in [3.8, 4) is 5.75 Å². The number of methoxy groups -OCH3 is 1. The van der Waals surface area contributed by atoms with E-state index in [0.717, 1.165) is 55.5 Å². The van der Waals surface area contributed by atoms with Crippen molar-refractivity contribution in [2.75, 3.05) is 62.0 Å². The number of nitrogens with zero attached hydrogens (tertiary/aromatic N) is 5. The standard InChI is InChI=1S/C24H32N6O/c1-28-12-14-29(15-13-28)20-9-10-21(22(16-20)31-2)26-24-25-17-18-6-5-11-30(23(18)27-24)19-7-3-4-8-19/h5-6,9-10,16-17,19H,3-4,7-8,11-15H2,1-2H3,(H,25,26,27). The summed E-state index contributed by atoms with van der Waals surface area (Å²) in [6.45, 7) is 5.15. The van der Waals surface area contributed by atoms with Gasteiger partial charge >= 0.3 is 0 Å². The van der Waals surface area contributed by atoms with E-state index in [4.69, 9.17) is 9.72 Å². The molecule has 0 radical (unpaired) electrons. The van der Waals surface area contributed by atoms with Gasteiger partial charge in [0, 0.05) is 62.3 Å². The van der Waals surface area contributed by atoms with Crippen LogP contribution in [0.25, 0.3) is 6.08 Å². The molecule has 2 aliphatic heterocycles. The molecule has 1 saturated carbocycles. The van der Waals surface area contributed by atoms with Crippen LogP contribution in [0.5, 0.6) is 5.75 Å². The molecule has 3 aliphatic rings. The summed E-state index contributed by atoms with van der Waals surface area (Å²) < 4.78 is 5.71. The highest BCUT2D eigenvalue weighted by Crippen LogP contribution is 2.35. The molecular formula is C24H32N6O. The molecule has 0 unspecified atom stereocenters. The van der Waals surface area contributed by atoms with Crippen LogP contribution < -0.4 is 19.9 Å². The lowest BCUT2D eigenvalue weighted by molar-refractivity contribution is 0.312. The van der Waals surface area contributed by atoms with Crippen LogP contribution in [0.1, 0.15) is 31.2 Å². The van der Waals surface area contributed by atoms with Crippen LogP contribution in [0.4, 0.5) is 23.1 Å². The summed E-state index contributed by atoms with van der Waals surface area (Å²) in [6.07, 6.45) is 11.4. The number of nitrogens with one attached hydrogen (secondary N) is 1. The first-order chi connectivity index (χ1) is 15.2. The second-order valence-electron chi connectivity index (χ2n) is 8.77. The molecule has 1 aromatic carbocycles. The van der Waals surface area contributed by atoms with Crippen molar-refractivity contribution in [3.63, 3.8) is 0 Å². The van der Waals surface area contributed by atoms with E-state index < -0.39 is 0 Å². The zero-order valence-electron chi connectivity index (χ0n) is 18.5. The maximum absolute atomic E-state index is 5.71. The molecule has 7 heteroatoms. The van der Waals surface area contributed by atoms with Crippen LogP contribution in [0.15, 0.2) is 30.5 Å². The molecule has 0 bridgehead atoms. The highest BCUT2D eigenvalue weighted by Gasteiger charge is 2.26. The average molecular weight is 421 g/mol. The normalized spacial score (nSPS) is 19.5. The van der Waals surface area contributed by atoms with Crippen molar-refractivity contribution < 1.29 is 4.74 Å². The molecule has 5 rings (SSSR count). The summed E-state index contributed by atoms with van der Waals surface area (Å²) in [7, 11) is 3.89. The highest BCUT2D eigenvalue weighted by molar-refractivity contribution is 5.72. The molecule has 1 N–H and O–H groups in total. The third-order valence-electron chi connectivity index (χ3n) is 6.73. The first kappa shape index (κ1) is 20.1. The van der Waals surface area contributed by atoms with E-state index in [2.05, 4.69) is 62.4 Å². The van der Waals surface area contributed by atoms with Crippen LogP contribution in [-0.4, -0.2) is 67.8 Å². The number of ether oxygens (including phenoxy) is 1. The van der Waals surface area contributed by atoms with Gasteiger partial charge in [0.2, 0.25) is 5.95 Å². The number of anilines is 4. The van der Waals surface area contributed by atoms with Gasteiger partial charge in [-0.15, -0.1) is 0 Å². The zero-order chi connectivity index (χ0) is 21.2. The monoisotopic (exact) mass is 420 g/mol. The third kappa shape index (κ3) is 4.19. The van der Waals surface area contributed by atoms with Gasteiger partial charge in [0.15, 0.2) is 0 Å². The number of hydrogen-bond donors (Lipinski definition) is 1. The first-order valence-corrected chi connectivity index (χ1v) is 11.4. The Morgan fingerprint density at radius 1 is 1.10 bits per heavy atom. The minimum absolute atomic E-state index is 0.587. The predicted molar refractivity (Wildman–Crippen MR) is 127 cm³/mol. The van der Waals surface area contributed by atoms with Crippen LogP contribution >= 0.6 is 0 Å². The van der Waals surface area contributed by atoms with Gasteiger partial charge < -0.3 is 24.8 Å². The molecule has 1 aromatic heterocycles. The number of fused-ring (bicyclic) bond motifs is 1. The summed E-state index contributed by atoms with van der Waals surface area (Å²) in [6, 6.07) is 6.93. The van der Waals surface area contributed by atoms with E-state index in [1.54, 1.807) is 7.11 Å². The molecule has 7 nitrogen and oxygen atoms in total. The summed E-state index contributed by atoms with van der Waals surface area (Å²) in [5, 5.41) is 3.40. The Bertz CT molecular complexity index is 947. The summed E-state index contributed by atoms with van der Waals surface area (Å²) in [5.41, 5.74) is 3.18. The van der Waals surface area contributed by atoms with Gasteiger partial charge in [-0.1, -0.05) is 25.0 Å². The van der Waals surface area contributed by atoms with Gasteiger partial charge in [-0.3, -0.25) is 0 Å². The Balaban J connectivity index is 1.37. The minimum atomic E-state index is 0.587. The SMILES string of the molecule is COc1cc(N2CCN(C)CC2)ccc1Nc1ncc2c(n1)N(C1CCCC1)CC=C2. The van der Waals surface area contributed by atoms with Gasteiger partial charge in [0.1, 0.15) is 11.6 Å². The fourth-order valence-electron chi connectivity index (χ4n) is 4.87. The van der Waals surface area contributed by atoms with Gasteiger partial charge in [0.25, 0.3) is 0 Å². The zero-order valence-corrected chi connectivity index (χ0v) is 18.5. The smallest absolute Gasteiger partial charge is 0.229 e. The number of rotatable bonds is 5. The van der Waals surface area contributed by atoms with Crippen molar-refractivity contribution in [2.24, 2.45) is 0 Å². The van der Waals surface area contributed by atoms with Crippen molar-refractivity contribution in [1.29, 1.82) is 0 Å². The maximum Gasteiger partial charge on any atom is 0.229 e. The van der Waals surface area contributed by atoms with E-state index in [9.17, 15) is 0 Å². The summed E-state index contributed by atoms with van der Waals surface area (Å²) >= 11 is 0. The Hall–Kier alpha value is -2.80. The largest absolute Gasteiger partial charge is 0.494 e. The first-order valence-electron chi connectivity index (χ1n) is 11.4. The predicted octanol–water partition coefficient (Wildman–Crippen LogP) is 3.76. The van der Waals surface area contributed by atoms with Gasteiger partial charge in [-0.05, 0) is 32.0 Å². The second-order valence-corrected chi connectivity index (χ2v) is 8.77.